The molecule has 2 heterocycles. The fourth-order valence-corrected chi connectivity index (χ4v) is 3.86. The van der Waals surface area contributed by atoms with Gasteiger partial charge in [-0.2, -0.15) is 9.61 Å². The maximum atomic E-state index is 12.7. The minimum atomic E-state index is -0.251. The zero-order chi connectivity index (χ0) is 19.0. The smallest absolute Gasteiger partial charge is 0.259 e. The standard InChI is InChI=1S/C18H14BrN5O2S/c1-10-21-22-18-24(10)23-17(27-18)11-4-3-5-13(8-11)20-16(25)14-9-12(19)6-7-15(14)26-2/h3-9H,1-2H3,(H,20,25). The number of nitrogens with one attached hydrogen (secondary N) is 1. The van der Waals surface area contributed by atoms with Crippen molar-refractivity contribution < 1.29 is 9.53 Å². The van der Waals surface area contributed by atoms with Crippen LogP contribution in [-0.4, -0.2) is 32.8 Å². The monoisotopic (exact) mass is 443 g/mol. The molecule has 0 aliphatic rings. The lowest BCUT2D eigenvalue weighted by Crippen LogP contribution is -2.13. The van der Waals surface area contributed by atoms with Crippen LogP contribution in [0.2, 0.25) is 0 Å². The van der Waals surface area contributed by atoms with Crippen LogP contribution in [0.15, 0.2) is 46.9 Å². The van der Waals surface area contributed by atoms with Crippen LogP contribution in [0.3, 0.4) is 0 Å². The van der Waals surface area contributed by atoms with E-state index in [0.29, 0.717) is 17.0 Å². The molecule has 0 spiro atoms. The second-order valence-corrected chi connectivity index (χ2v) is 7.60. The first kappa shape index (κ1) is 17.6. The minimum absolute atomic E-state index is 0.251. The van der Waals surface area contributed by atoms with E-state index in [0.717, 1.165) is 25.8 Å². The normalized spacial score (nSPS) is 10.9. The Balaban J connectivity index is 1.63. The molecule has 7 nitrogen and oxygen atoms in total. The van der Waals surface area contributed by atoms with Crippen molar-refractivity contribution in [3.63, 3.8) is 0 Å². The molecular formula is C18H14BrN5O2S. The summed E-state index contributed by atoms with van der Waals surface area (Å²) in [7, 11) is 1.54. The van der Waals surface area contributed by atoms with Crippen LogP contribution in [0.4, 0.5) is 5.69 Å². The molecule has 1 N–H and O–H groups in total. The Morgan fingerprint density at radius 3 is 2.85 bits per heavy atom. The number of aromatic nitrogens is 4. The first-order valence-corrected chi connectivity index (χ1v) is 9.60. The van der Waals surface area contributed by atoms with Crippen molar-refractivity contribution in [2.24, 2.45) is 0 Å². The van der Waals surface area contributed by atoms with Gasteiger partial charge in [-0.3, -0.25) is 4.79 Å². The molecule has 0 fully saturated rings. The highest BCUT2D eigenvalue weighted by molar-refractivity contribution is 9.10. The van der Waals surface area contributed by atoms with Gasteiger partial charge in [-0.05, 0) is 37.3 Å². The van der Waals surface area contributed by atoms with E-state index < -0.39 is 0 Å². The van der Waals surface area contributed by atoms with Crippen LogP contribution in [0.1, 0.15) is 16.2 Å². The summed E-state index contributed by atoms with van der Waals surface area (Å²) in [5.74, 6) is 0.994. The predicted molar refractivity (Wildman–Crippen MR) is 107 cm³/mol. The van der Waals surface area contributed by atoms with Crippen LogP contribution in [0.5, 0.6) is 5.75 Å². The topological polar surface area (TPSA) is 81.4 Å². The van der Waals surface area contributed by atoms with Gasteiger partial charge in [-0.1, -0.05) is 39.4 Å². The van der Waals surface area contributed by atoms with Gasteiger partial charge in [0, 0.05) is 15.7 Å². The Hall–Kier alpha value is -2.78. The Kier molecular flexibility index (Phi) is 4.63. The number of hydrogen-bond acceptors (Lipinski definition) is 6. The molecular weight excluding hydrogens is 430 g/mol. The Morgan fingerprint density at radius 1 is 1.22 bits per heavy atom. The third-order valence-electron chi connectivity index (χ3n) is 3.92. The van der Waals surface area contributed by atoms with Crippen molar-refractivity contribution in [3.05, 3.63) is 58.3 Å². The van der Waals surface area contributed by atoms with E-state index in [1.807, 2.05) is 37.3 Å². The maximum Gasteiger partial charge on any atom is 0.259 e. The fourth-order valence-electron chi connectivity index (χ4n) is 2.62. The van der Waals surface area contributed by atoms with Gasteiger partial charge < -0.3 is 10.1 Å². The van der Waals surface area contributed by atoms with Gasteiger partial charge in [0.05, 0.1) is 12.7 Å². The van der Waals surface area contributed by atoms with Crippen LogP contribution in [0.25, 0.3) is 15.5 Å². The molecule has 0 radical (unpaired) electrons. The number of carbonyl (C=O) groups is 1. The summed E-state index contributed by atoms with van der Waals surface area (Å²) in [5, 5.41) is 16.3. The molecule has 27 heavy (non-hydrogen) atoms. The molecule has 0 saturated carbocycles. The number of halogens is 1. The largest absolute Gasteiger partial charge is 0.496 e. The minimum Gasteiger partial charge on any atom is -0.496 e. The van der Waals surface area contributed by atoms with E-state index in [-0.39, 0.29) is 5.91 Å². The highest BCUT2D eigenvalue weighted by Gasteiger charge is 2.15. The number of methoxy groups -OCH3 is 1. The van der Waals surface area contributed by atoms with E-state index in [1.165, 1.54) is 18.4 Å². The van der Waals surface area contributed by atoms with Crippen molar-refractivity contribution in [2.45, 2.75) is 6.92 Å². The number of amides is 1. The Labute approximate surface area is 167 Å². The zero-order valence-corrected chi connectivity index (χ0v) is 16.8. The number of hydrogen-bond donors (Lipinski definition) is 1. The van der Waals surface area contributed by atoms with Crippen LogP contribution < -0.4 is 10.1 Å². The van der Waals surface area contributed by atoms with Crippen LogP contribution in [0, 0.1) is 6.92 Å². The number of carbonyl (C=O) groups excluding carboxylic acids is 1. The van der Waals surface area contributed by atoms with Crippen molar-refractivity contribution in [1.82, 2.24) is 19.8 Å². The lowest BCUT2D eigenvalue weighted by Gasteiger charge is -2.10. The first-order chi connectivity index (χ1) is 13.0. The number of rotatable bonds is 4. The third-order valence-corrected chi connectivity index (χ3v) is 5.36. The number of nitrogens with zero attached hydrogens (tertiary/aromatic N) is 4. The molecule has 0 bridgehead atoms. The van der Waals surface area contributed by atoms with E-state index >= 15 is 0 Å². The molecule has 4 aromatic rings. The number of fused-ring (bicyclic) bond motifs is 1. The molecule has 0 unspecified atom stereocenters. The predicted octanol–water partition coefficient (Wildman–Crippen LogP) is 4.18. The second kappa shape index (κ2) is 7.09. The van der Waals surface area contributed by atoms with Gasteiger partial charge in [-0.25, -0.2) is 0 Å². The average molecular weight is 444 g/mol. The average Bonchev–Trinajstić information content (AvgIpc) is 3.24. The van der Waals surface area contributed by atoms with Gasteiger partial charge in [-0.15, -0.1) is 10.2 Å². The van der Waals surface area contributed by atoms with Gasteiger partial charge in [0.25, 0.3) is 5.91 Å². The first-order valence-electron chi connectivity index (χ1n) is 7.99. The summed E-state index contributed by atoms with van der Waals surface area (Å²) in [6.45, 7) is 1.85. The van der Waals surface area contributed by atoms with Gasteiger partial charge in [0.1, 0.15) is 10.8 Å². The maximum absolute atomic E-state index is 12.7. The molecule has 0 aliphatic carbocycles. The number of ether oxygens (including phenoxy) is 1. The molecule has 4 rings (SSSR count). The van der Waals surface area contributed by atoms with Gasteiger partial charge >= 0.3 is 0 Å². The lowest BCUT2D eigenvalue weighted by atomic mass is 10.1. The van der Waals surface area contributed by atoms with Crippen LogP contribution in [-0.2, 0) is 0 Å². The van der Waals surface area contributed by atoms with E-state index in [4.69, 9.17) is 4.74 Å². The molecule has 0 saturated heterocycles. The number of aryl methyl sites for hydroxylation is 1. The second-order valence-electron chi connectivity index (χ2n) is 5.73. The summed E-state index contributed by atoms with van der Waals surface area (Å²) in [4.78, 5) is 13.4. The lowest BCUT2D eigenvalue weighted by molar-refractivity contribution is 0.102. The molecule has 136 valence electrons. The van der Waals surface area contributed by atoms with Crippen molar-refractivity contribution in [2.75, 3.05) is 12.4 Å². The van der Waals surface area contributed by atoms with Crippen molar-refractivity contribution in [1.29, 1.82) is 0 Å². The van der Waals surface area contributed by atoms with Crippen molar-refractivity contribution in [3.8, 4) is 16.3 Å². The molecule has 9 heteroatoms. The summed E-state index contributed by atoms with van der Waals surface area (Å²) >= 11 is 4.83. The molecule has 0 atom stereocenters. The molecule has 0 aliphatic heterocycles. The fraction of sp³-hybridized carbons (Fsp3) is 0.111. The summed E-state index contributed by atoms with van der Waals surface area (Å²) < 4.78 is 7.79. The Bertz CT molecular complexity index is 1150. The van der Waals surface area contributed by atoms with E-state index in [1.54, 1.807) is 16.6 Å². The van der Waals surface area contributed by atoms with E-state index in [2.05, 4.69) is 36.5 Å². The highest BCUT2D eigenvalue weighted by Crippen LogP contribution is 2.28. The SMILES string of the molecule is COc1ccc(Br)cc1C(=O)Nc1cccc(-c2nn3c(C)nnc3s2)c1. The zero-order valence-electron chi connectivity index (χ0n) is 14.4. The Morgan fingerprint density at radius 2 is 2.07 bits per heavy atom. The molecule has 2 aromatic carbocycles. The number of anilines is 1. The highest BCUT2D eigenvalue weighted by atomic mass is 79.9. The summed E-state index contributed by atoms with van der Waals surface area (Å²) in [6.07, 6.45) is 0. The third kappa shape index (κ3) is 3.43. The summed E-state index contributed by atoms with van der Waals surface area (Å²) in [6, 6.07) is 12.8. The van der Waals surface area contributed by atoms with Gasteiger partial charge in [0.2, 0.25) is 4.96 Å². The van der Waals surface area contributed by atoms with E-state index in [9.17, 15) is 4.79 Å². The van der Waals surface area contributed by atoms with Gasteiger partial charge in [0.15, 0.2) is 5.82 Å². The quantitative estimate of drug-likeness (QED) is 0.511. The molecule has 1 amide bonds. The molecule has 2 aromatic heterocycles. The summed E-state index contributed by atoms with van der Waals surface area (Å²) in [5.41, 5.74) is 2.01. The number of benzene rings is 2. The van der Waals surface area contributed by atoms with Crippen LogP contribution >= 0.6 is 27.3 Å². The van der Waals surface area contributed by atoms with Crippen molar-refractivity contribution >= 4 is 43.8 Å².